The molecule has 1 unspecified atom stereocenters. The van der Waals surface area contributed by atoms with Crippen LogP contribution >= 0.6 is 0 Å². The zero-order valence-corrected chi connectivity index (χ0v) is 26.9. The Bertz CT molecular complexity index is 1700. The molecule has 46 heavy (non-hydrogen) atoms. The fraction of sp³-hybridized carbons (Fsp3) is 0.257. The minimum Gasteiger partial charge on any atom is -0.497 e. The minimum absolute atomic E-state index is 0.00702. The monoisotopic (exact) mass is 647 g/mol. The van der Waals surface area contributed by atoms with E-state index in [1.807, 2.05) is 37.3 Å². The number of hydrogen-bond acceptors (Lipinski definition) is 6. The highest BCUT2D eigenvalue weighted by Gasteiger charge is 2.34. The molecule has 0 aromatic heterocycles. The number of nitrogens with one attached hydrogen (secondary N) is 1. The number of methoxy groups -OCH3 is 2. The van der Waals surface area contributed by atoms with Gasteiger partial charge in [-0.15, -0.1) is 0 Å². The lowest BCUT2D eigenvalue weighted by Crippen LogP contribution is -2.53. The van der Waals surface area contributed by atoms with Gasteiger partial charge in [0.05, 0.1) is 24.8 Å². The van der Waals surface area contributed by atoms with Crippen molar-refractivity contribution in [1.29, 1.82) is 0 Å². The Morgan fingerprint density at radius 2 is 1.48 bits per heavy atom. The summed E-state index contributed by atoms with van der Waals surface area (Å²) in [7, 11) is -1.34. The number of sulfonamides is 1. The smallest absolute Gasteiger partial charge is 0.264 e. The third kappa shape index (κ3) is 8.63. The van der Waals surface area contributed by atoms with Crippen molar-refractivity contribution >= 4 is 27.5 Å². The zero-order chi connectivity index (χ0) is 33.1. The van der Waals surface area contributed by atoms with Crippen LogP contribution in [0.2, 0.25) is 0 Å². The molecule has 4 aromatic rings. The maximum atomic E-state index is 14.5. The van der Waals surface area contributed by atoms with Gasteiger partial charge in [-0.1, -0.05) is 49.4 Å². The Morgan fingerprint density at radius 1 is 0.826 bits per heavy atom. The van der Waals surface area contributed by atoms with Crippen molar-refractivity contribution in [2.75, 3.05) is 31.6 Å². The van der Waals surface area contributed by atoms with E-state index in [2.05, 4.69) is 5.32 Å². The van der Waals surface area contributed by atoms with Crippen LogP contribution < -0.4 is 19.1 Å². The number of carbonyl (C=O) groups is 2. The van der Waals surface area contributed by atoms with E-state index in [-0.39, 0.29) is 29.5 Å². The molecule has 0 aliphatic heterocycles. The Hall–Kier alpha value is -4.90. The second kappa shape index (κ2) is 15.9. The number of hydrogen-bond donors (Lipinski definition) is 1. The third-order valence-corrected chi connectivity index (χ3v) is 9.14. The van der Waals surface area contributed by atoms with Gasteiger partial charge in [-0.05, 0) is 78.2 Å². The molecule has 0 saturated carbocycles. The van der Waals surface area contributed by atoms with Crippen LogP contribution in [0, 0.1) is 5.82 Å². The topological polar surface area (TPSA) is 105 Å². The molecule has 242 valence electrons. The zero-order valence-electron chi connectivity index (χ0n) is 26.1. The average molecular weight is 648 g/mol. The van der Waals surface area contributed by atoms with E-state index in [4.69, 9.17) is 9.47 Å². The number of carbonyl (C=O) groups excluding carboxylic acids is 2. The second-order valence-corrected chi connectivity index (χ2v) is 12.4. The van der Waals surface area contributed by atoms with E-state index in [0.29, 0.717) is 30.0 Å². The summed E-state index contributed by atoms with van der Waals surface area (Å²) in [6, 6.07) is 26.0. The number of ether oxygens (including phenoxy) is 2. The molecule has 1 N–H and O–H groups in total. The predicted molar refractivity (Wildman–Crippen MR) is 175 cm³/mol. The summed E-state index contributed by atoms with van der Waals surface area (Å²) >= 11 is 0. The Labute approximate surface area is 269 Å². The summed E-state index contributed by atoms with van der Waals surface area (Å²) < 4.78 is 53.6. The van der Waals surface area contributed by atoms with Crippen molar-refractivity contribution < 1.29 is 31.9 Å². The molecule has 0 spiro atoms. The molecule has 2 amide bonds. The van der Waals surface area contributed by atoms with Crippen LogP contribution in [0.15, 0.2) is 108 Å². The summed E-state index contributed by atoms with van der Waals surface area (Å²) in [4.78, 5) is 29.5. The summed E-state index contributed by atoms with van der Waals surface area (Å²) in [5, 5.41) is 2.91. The highest BCUT2D eigenvalue weighted by atomic mass is 32.2. The summed E-state index contributed by atoms with van der Waals surface area (Å²) in [6.07, 6.45) is 0.875. The Kier molecular flexibility index (Phi) is 11.7. The number of halogens is 1. The molecule has 4 rings (SSSR count). The van der Waals surface area contributed by atoms with Gasteiger partial charge in [0.2, 0.25) is 11.8 Å². The van der Waals surface area contributed by atoms with Gasteiger partial charge in [0.15, 0.2) is 0 Å². The van der Waals surface area contributed by atoms with Gasteiger partial charge in [-0.2, -0.15) is 0 Å². The van der Waals surface area contributed by atoms with Gasteiger partial charge in [0.25, 0.3) is 10.0 Å². The summed E-state index contributed by atoms with van der Waals surface area (Å²) in [5.74, 6) is -0.540. The highest BCUT2D eigenvalue weighted by molar-refractivity contribution is 7.92. The van der Waals surface area contributed by atoms with Crippen molar-refractivity contribution in [2.24, 2.45) is 0 Å². The highest BCUT2D eigenvalue weighted by Crippen LogP contribution is 2.27. The molecular formula is C35H38FN3O6S. The van der Waals surface area contributed by atoms with Crippen LogP contribution in [0.1, 0.15) is 24.5 Å². The normalized spacial score (nSPS) is 11.7. The quantitative estimate of drug-likeness (QED) is 0.190. The lowest BCUT2D eigenvalue weighted by Gasteiger charge is -2.34. The molecule has 0 radical (unpaired) electrons. The number of benzene rings is 4. The average Bonchev–Trinajstić information content (AvgIpc) is 3.08. The van der Waals surface area contributed by atoms with E-state index < -0.39 is 34.3 Å². The van der Waals surface area contributed by atoms with Crippen LogP contribution in [-0.2, 0) is 32.6 Å². The van der Waals surface area contributed by atoms with E-state index in [1.54, 1.807) is 24.3 Å². The van der Waals surface area contributed by atoms with Crippen LogP contribution in [0.5, 0.6) is 11.5 Å². The van der Waals surface area contributed by atoms with Crippen LogP contribution in [-0.4, -0.2) is 58.5 Å². The van der Waals surface area contributed by atoms with E-state index in [9.17, 15) is 22.4 Å². The first-order chi connectivity index (χ1) is 22.2. The molecular weight excluding hydrogens is 609 g/mol. The first kappa shape index (κ1) is 34.0. The standard InChI is InChI=1S/C35H38FN3O6S/c1-4-21-37-35(41)33(23-26-9-6-5-7-10-26)38(24-27-11-8-12-31(22-27)45-3)34(40)25-39(29-15-13-28(36)14-16-29)46(42,43)32-19-17-30(44-2)18-20-32/h5-20,22,33H,4,21,23-25H2,1-3H3,(H,37,41). The Balaban J connectivity index is 1.80. The molecule has 0 fully saturated rings. The molecule has 11 heteroatoms. The van der Waals surface area contributed by atoms with E-state index >= 15 is 0 Å². The second-order valence-electron chi connectivity index (χ2n) is 10.5. The molecule has 0 heterocycles. The summed E-state index contributed by atoms with van der Waals surface area (Å²) in [6.45, 7) is 1.67. The largest absolute Gasteiger partial charge is 0.497 e. The molecule has 1 atom stereocenters. The fourth-order valence-electron chi connectivity index (χ4n) is 4.90. The predicted octanol–water partition coefficient (Wildman–Crippen LogP) is 5.20. The molecule has 4 aromatic carbocycles. The van der Waals surface area contributed by atoms with Crippen molar-refractivity contribution in [1.82, 2.24) is 10.2 Å². The van der Waals surface area contributed by atoms with E-state index in [0.717, 1.165) is 22.0 Å². The van der Waals surface area contributed by atoms with Crippen LogP contribution in [0.3, 0.4) is 0 Å². The minimum atomic E-state index is -4.34. The SMILES string of the molecule is CCCNC(=O)C(Cc1ccccc1)N(Cc1cccc(OC)c1)C(=O)CN(c1ccc(F)cc1)S(=O)(=O)c1ccc(OC)cc1. The van der Waals surface area contributed by atoms with Gasteiger partial charge in [-0.25, -0.2) is 12.8 Å². The maximum Gasteiger partial charge on any atom is 0.264 e. The summed E-state index contributed by atoms with van der Waals surface area (Å²) in [5.41, 5.74) is 1.59. The van der Waals surface area contributed by atoms with Gasteiger partial charge in [0, 0.05) is 19.5 Å². The number of rotatable bonds is 15. The van der Waals surface area contributed by atoms with E-state index in [1.165, 1.54) is 55.5 Å². The molecule has 0 bridgehead atoms. The van der Waals surface area contributed by atoms with Gasteiger partial charge >= 0.3 is 0 Å². The van der Waals surface area contributed by atoms with Crippen molar-refractivity contribution in [3.63, 3.8) is 0 Å². The first-order valence-electron chi connectivity index (χ1n) is 14.8. The molecule has 0 saturated heterocycles. The molecule has 9 nitrogen and oxygen atoms in total. The molecule has 0 aliphatic carbocycles. The number of amides is 2. The van der Waals surface area contributed by atoms with Crippen molar-refractivity contribution in [3.05, 3.63) is 120 Å². The third-order valence-electron chi connectivity index (χ3n) is 7.35. The van der Waals surface area contributed by atoms with Crippen LogP contribution in [0.25, 0.3) is 0 Å². The number of nitrogens with zero attached hydrogens (tertiary/aromatic N) is 2. The fourth-order valence-corrected chi connectivity index (χ4v) is 6.31. The lowest BCUT2D eigenvalue weighted by atomic mass is 10.0. The Morgan fingerprint density at radius 3 is 2.11 bits per heavy atom. The number of anilines is 1. The van der Waals surface area contributed by atoms with Crippen molar-refractivity contribution in [2.45, 2.75) is 37.2 Å². The molecule has 0 aliphatic rings. The van der Waals surface area contributed by atoms with Gasteiger partial charge in [-0.3, -0.25) is 13.9 Å². The lowest BCUT2D eigenvalue weighted by molar-refractivity contribution is -0.140. The van der Waals surface area contributed by atoms with Gasteiger partial charge < -0.3 is 19.7 Å². The van der Waals surface area contributed by atoms with Crippen LogP contribution in [0.4, 0.5) is 10.1 Å². The maximum absolute atomic E-state index is 14.5. The first-order valence-corrected chi connectivity index (χ1v) is 16.3. The van der Waals surface area contributed by atoms with Gasteiger partial charge in [0.1, 0.15) is 29.9 Å². The van der Waals surface area contributed by atoms with Crippen molar-refractivity contribution in [3.8, 4) is 11.5 Å².